The number of fused-ring (bicyclic) bond motifs is 6. The van der Waals surface area contributed by atoms with Crippen LogP contribution < -0.4 is 5.32 Å². The molecular formula is C14H16N2. The third kappa shape index (κ3) is 1.11. The molecule has 4 rings (SSSR count). The number of H-pyrrole nitrogens is 1. The van der Waals surface area contributed by atoms with Crippen LogP contribution in [0.1, 0.15) is 30.1 Å². The highest BCUT2D eigenvalue weighted by Crippen LogP contribution is 2.40. The standard InChI is InChI=1S/C14H16N2/c1-2-4-12-10(3-1)11-7-9-5-6-15-13(8-9)14(11)16-12/h1-4,9,13,15-16H,5-8H2/t9-,13+/m0/s1. The second kappa shape index (κ2) is 3.11. The highest BCUT2D eigenvalue weighted by Gasteiger charge is 2.32. The lowest BCUT2D eigenvalue weighted by atomic mass is 9.79. The Balaban J connectivity index is 1.97. The Hall–Kier alpha value is -1.28. The van der Waals surface area contributed by atoms with Gasteiger partial charge in [-0.3, -0.25) is 0 Å². The Morgan fingerprint density at radius 2 is 2.12 bits per heavy atom. The Bertz CT molecular complexity index is 541. The fourth-order valence-corrected chi connectivity index (χ4v) is 3.43. The zero-order valence-electron chi connectivity index (χ0n) is 9.29. The minimum atomic E-state index is 0.579. The molecule has 1 aromatic carbocycles. The highest BCUT2D eigenvalue weighted by atomic mass is 15.0. The van der Waals surface area contributed by atoms with Crippen LogP contribution in [0.3, 0.4) is 0 Å². The quantitative estimate of drug-likeness (QED) is 0.690. The molecule has 1 fully saturated rings. The number of benzene rings is 1. The fraction of sp³-hybridized carbons (Fsp3) is 0.429. The molecule has 82 valence electrons. The summed E-state index contributed by atoms with van der Waals surface area (Å²) >= 11 is 0. The number of rotatable bonds is 0. The van der Waals surface area contributed by atoms with Crippen LogP contribution in [0.2, 0.25) is 0 Å². The SMILES string of the molecule is c1ccc2c3c([nH]c2c1)[C@H]1C[C@@H](CCN1)C3. The van der Waals surface area contributed by atoms with Gasteiger partial charge in [0.15, 0.2) is 0 Å². The topological polar surface area (TPSA) is 27.8 Å². The van der Waals surface area contributed by atoms with E-state index in [1.807, 2.05) is 0 Å². The summed E-state index contributed by atoms with van der Waals surface area (Å²) < 4.78 is 0. The Morgan fingerprint density at radius 3 is 3.12 bits per heavy atom. The van der Waals surface area contributed by atoms with E-state index in [1.165, 1.54) is 42.4 Å². The molecule has 1 aliphatic carbocycles. The molecule has 2 nitrogen and oxygen atoms in total. The van der Waals surface area contributed by atoms with Gasteiger partial charge in [0.2, 0.25) is 0 Å². The van der Waals surface area contributed by atoms with E-state index >= 15 is 0 Å². The van der Waals surface area contributed by atoms with Crippen LogP contribution >= 0.6 is 0 Å². The number of para-hydroxylation sites is 1. The van der Waals surface area contributed by atoms with Crippen molar-refractivity contribution in [2.45, 2.75) is 25.3 Å². The summed E-state index contributed by atoms with van der Waals surface area (Å²) in [5.74, 6) is 0.901. The molecule has 2 bridgehead atoms. The molecule has 2 N–H and O–H groups in total. The van der Waals surface area contributed by atoms with Crippen molar-refractivity contribution in [3.63, 3.8) is 0 Å². The summed E-state index contributed by atoms with van der Waals surface area (Å²) in [6, 6.07) is 9.29. The molecule has 1 saturated heterocycles. The number of nitrogens with one attached hydrogen (secondary N) is 2. The van der Waals surface area contributed by atoms with E-state index in [4.69, 9.17) is 0 Å². The van der Waals surface area contributed by atoms with Gasteiger partial charge < -0.3 is 10.3 Å². The Kier molecular flexibility index (Phi) is 1.71. The van der Waals surface area contributed by atoms with Gasteiger partial charge in [-0.25, -0.2) is 0 Å². The molecular weight excluding hydrogens is 196 g/mol. The maximum atomic E-state index is 3.64. The third-order valence-corrected chi connectivity index (χ3v) is 4.20. The number of hydrogen-bond acceptors (Lipinski definition) is 1. The fourth-order valence-electron chi connectivity index (χ4n) is 3.43. The lowest BCUT2D eigenvalue weighted by molar-refractivity contribution is 0.280. The minimum Gasteiger partial charge on any atom is -0.357 e. The van der Waals surface area contributed by atoms with Crippen molar-refractivity contribution in [1.82, 2.24) is 10.3 Å². The van der Waals surface area contributed by atoms with E-state index in [2.05, 4.69) is 34.6 Å². The van der Waals surface area contributed by atoms with E-state index in [1.54, 1.807) is 5.56 Å². The highest BCUT2D eigenvalue weighted by molar-refractivity contribution is 5.85. The molecule has 1 aliphatic heterocycles. The molecule has 0 spiro atoms. The van der Waals surface area contributed by atoms with Gasteiger partial charge in [0.25, 0.3) is 0 Å². The maximum Gasteiger partial charge on any atom is 0.0478 e. The largest absolute Gasteiger partial charge is 0.357 e. The second-order valence-corrected chi connectivity index (χ2v) is 5.16. The van der Waals surface area contributed by atoms with Gasteiger partial charge in [0.05, 0.1) is 0 Å². The van der Waals surface area contributed by atoms with E-state index in [0.717, 1.165) is 5.92 Å². The van der Waals surface area contributed by atoms with Gasteiger partial charge in [-0.1, -0.05) is 18.2 Å². The van der Waals surface area contributed by atoms with Crippen LogP contribution in [-0.4, -0.2) is 11.5 Å². The van der Waals surface area contributed by atoms with Crippen molar-refractivity contribution < 1.29 is 0 Å². The van der Waals surface area contributed by atoms with Crippen molar-refractivity contribution in [2.24, 2.45) is 5.92 Å². The second-order valence-electron chi connectivity index (χ2n) is 5.16. The number of aromatic amines is 1. The zero-order chi connectivity index (χ0) is 10.5. The van der Waals surface area contributed by atoms with Crippen LogP contribution in [-0.2, 0) is 6.42 Å². The molecule has 16 heavy (non-hydrogen) atoms. The molecule has 0 radical (unpaired) electrons. The van der Waals surface area contributed by atoms with E-state index < -0.39 is 0 Å². The lowest BCUT2D eigenvalue weighted by Crippen LogP contribution is -2.36. The molecule has 2 heteroatoms. The van der Waals surface area contributed by atoms with Gasteiger partial charge in [0, 0.05) is 22.6 Å². The Labute approximate surface area is 95.1 Å². The number of aromatic nitrogens is 1. The third-order valence-electron chi connectivity index (χ3n) is 4.20. The predicted molar refractivity (Wildman–Crippen MR) is 65.5 cm³/mol. The van der Waals surface area contributed by atoms with Gasteiger partial charge >= 0.3 is 0 Å². The monoisotopic (exact) mass is 212 g/mol. The first-order valence-electron chi connectivity index (χ1n) is 6.24. The number of piperidine rings is 1. The minimum absolute atomic E-state index is 0.579. The summed E-state index contributed by atoms with van der Waals surface area (Å²) in [7, 11) is 0. The van der Waals surface area contributed by atoms with Crippen molar-refractivity contribution in [1.29, 1.82) is 0 Å². The molecule has 2 heterocycles. The summed E-state index contributed by atoms with van der Waals surface area (Å²) in [5.41, 5.74) is 4.34. The van der Waals surface area contributed by atoms with Gasteiger partial charge in [-0.05, 0) is 43.4 Å². The van der Waals surface area contributed by atoms with Crippen molar-refractivity contribution in [2.75, 3.05) is 6.54 Å². The number of hydrogen-bond donors (Lipinski definition) is 2. The molecule has 2 atom stereocenters. The molecule has 2 aliphatic rings. The van der Waals surface area contributed by atoms with E-state index in [-0.39, 0.29) is 0 Å². The molecule has 0 saturated carbocycles. The summed E-state index contributed by atoms with van der Waals surface area (Å²) in [5, 5.41) is 5.08. The molecule has 2 aromatic rings. The first-order valence-corrected chi connectivity index (χ1v) is 6.24. The molecule has 1 aromatic heterocycles. The first-order chi connectivity index (χ1) is 7.92. The first kappa shape index (κ1) is 8.82. The Morgan fingerprint density at radius 1 is 1.19 bits per heavy atom. The smallest absolute Gasteiger partial charge is 0.0478 e. The van der Waals surface area contributed by atoms with Gasteiger partial charge in [0.1, 0.15) is 0 Å². The van der Waals surface area contributed by atoms with Crippen molar-refractivity contribution >= 4 is 10.9 Å². The lowest BCUT2D eigenvalue weighted by Gasteiger charge is -2.35. The van der Waals surface area contributed by atoms with Gasteiger partial charge in [-0.2, -0.15) is 0 Å². The predicted octanol–water partition coefficient (Wildman–Crippen LogP) is 2.76. The van der Waals surface area contributed by atoms with Crippen molar-refractivity contribution in [3.8, 4) is 0 Å². The van der Waals surface area contributed by atoms with Gasteiger partial charge in [-0.15, -0.1) is 0 Å². The van der Waals surface area contributed by atoms with Crippen LogP contribution in [0.4, 0.5) is 0 Å². The molecule has 0 amide bonds. The van der Waals surface area contributed by atoms with Crippen molar-refractivity contribution in [3.05, 3.63) is 35.5 Å². The summed E-state index contributed by atoms with van der Waals surface area (Å²) in [6.45, 7) is 1.18. The maximum absolute atomic E-state index is 3.64. The summed E-state index contributed by atoms with van der Waals surface area (Å²) in [4.78, 5) is 3.61. The van der Waals surface area contributed by atoms with Crippen LogP contribution in [0, 0.1) is 5.92 Å². The average Bonchev–Trinajstić information content (AvgIpc) is 2.69. The summed E-state index contributed by atoms with van der Waals surface area (Å²) in [6.07, 6.45) is 3.94. The van der Waals surface area contributed by atoms with E-state index in [9.17, 15) is 0 Å². The van der Waals surface area contributed by atoms with E-state index in [0.29, 0.717) is 6.04 Å². The normalized spacial score (nSPS) is 28.0. The van der Waals surface area contributed by atoms with Crippen LogP contribution in [0.5, 0.6) is 0 Å². The van der Waals surface area contributed by atoms with Crippen LogP contribution in [0.25, 0.3) is 10.9 Å². The zero-order valence-corrected chi connectivity index (χ0v) is 9.29. The van der Waals surface area contributed by atoms with Crippen LogP contribution in [0.15, 0.2) is 24.3 Å². The molecule has 0 unspecified atom stereocenters. The average molecular weight is 212 g/mol.